The summed E-state index contributed by atoms with van der Waals surface area (Å²) in [6, 6.07) is 18.9. The Labute approximate surface area is 135 Å². The Bertz CT molecular complexity index is 741. The molecule has 108 valence electrons. The number of hydrogen-bond donors (Lipinski definition) is 0. The number of pyridine rings is 1. The first kappa shape index (κ1) is 15.5. The van der Waals surface area contributed by atoms with Crippen molar-refractivity contribution in [2.24, 2.45) is 0 Å². The molecular formula is C18H18BrNO. The summed E-state index contributed by atoms with van der Waals surface area (Å²) in [7, 11) is 1.71. The van der Waals surface area contributed by atoms with E-state index in [4.69, 9.17) is 4.74 Å². The van der Waals surface area contributed by atoms with Gasteiger partial charge in [0, 0.05) is 17.7 Å². The summed E-state index contributed by atoms with van der Waals surface area (Å²) in [4.78, 5) is 0. The normalized spacial score (nSPS) is 10.2. The zero-order chi connectivity index (χ0) is 13.9. The van der Waals surface area contributed by atoms with Crippen LogP contribution in [-0.4, -0.2) is 7.11 Å². The third kappa shape index (κ3) is 3.24. The fourth-order valence-electron chi connectivity index (χ4n) is 2.50. The van der Waals surface area contributed by atoms with E-state index in [0.717, 1.165) is 12.3 Å². The van der Waals surface area contributed by atoms with E-state index in [1.54, 1.807) is 7.11 Å². The van der Waals surface area contributed by atoms with Crippen molar-refractivity contribution in [3.05, 3.63) is 71.9 Å². The fourth-order valence-corrected chi connectivity index (χ4v) is 2.50. The summed E-state index contributed by atoms with van der Waals surface area (Å²) in [6.45, 7) is 3.01. The zero-order valence-electron chi connectivity index (χ0n) is 12.2. The highest BCUT2D eigenvalue weighted by atomic mass is 79.9. The number of aryl methyl sites for hydroxylation is 1. The summed E-state index contributed by atoms with van der Waals surface area (Å²) < 4.78 is 7.60. The molecule has 3 aromatic rings. The standard InChI is InChI=1S/C18H18NO.BrH/c1-14-10-11-19(13-15-6-4-3-5-7-15)18-9-8-16(20-2)12-17(14)18;/h3-12H,13H2,1-2H3;1H/q+1;/p-1. The second kappa shape index (κ2) is 6.72. The maximum Gasteiger partial charge on any atom is 0.213 e. The van der Waals surface area contributed by atoms with Crippen LogP contribution in [-0.2, 0) is 6.54 Å². The van der Waals surface area contributed by atoms with Crippen molar-refractivity contribution in [3.8, 4) is 5.75 Å². The maximum atomic E-state index is 5.33. The van der Waals surface area contributed by atoms with Gasteiger partial charge in [0.15, 0.2) is 12.7 Å². The number of nitrogens with zero attached hydrogens (tertiary/aromatic N) is 1. The minimum absolute atomic E-state index is 0. The molecule has 0 saturated heterocycles. The molecule has 0 atom stereocenters. The van der Waals surface area contributed by atoms with E-state index in [2.05, 4.69) is 60.2 Å². The summed E-state index contributed by atoms with van der Waals surface area (Å²) in [6.07, 6.45) is 2.15. The van der Waals surface area contributed by atoms with Gasteiger partial charge in [-0.2, -0.15) is 4.57 Å². The smallest absolute Gasteiger partial charge is 0.213 e. The first-order valence-corrected chi connectivity index (χ1v) is 6.78. The van der Waals surface area contributed by atoms with Gasteiger partial charge in [0.05, 0.1) is 12.5 Å². The lowest BCUT2D eigenvalue weighted by Crippen LogP contribution is -3.00. The summed E-state index contributed by atoms with van der Waals surface area (Å²) in [5.41, 5.74) is 3.80. The number of benzene rings is 2. The lowest BCUT2D eigenvalue weighted by molar-refractivity contribution is -0.662. The molecular weight excluding hydrogens is 326 g/mol. The van der Waals surface area contributed by atoms with Gasteiger partial charge >= 0.3 is 0 Å². The van der Waals surface area contributed by atoms with Crippen LogP contribution in [0.15, 0.2) is 60.8 Å². The summed E-state index contributed by atoms with van der Waals surface area (Å²) >= 11 is 0. The minimum atomic E-state index is 0. The first-order chi connectivity index (χ1) is 9.78. The van der Waals surface area contributed by atoms with Gasteiger partial charge in [-0.1, -0.05) is 30.3 Å². The molecule has 0 N–H and O–H groups in total. The second-order valence-electron chi connectivity index (χ2n) is 5.00. The van der Waals surface area contributed by atoms with Gasteiger partial charge in [-0.3, -0.25) is 0 Å². The molecule has 2 aromatic carbocycles. The van der Waals surface area contributed by atoms with E-state index in [-0.39, 0.29) is 17.0 Å². The van der Waals surface area contributed by atoms with Crippen LogP contribution in [0, 0.1) is 6.92 Å². The zero-order valence-corrected chi connectivity index (χ0v) is 13.8. The predicted octanol–water partition coefficient (Wildman–Crippen LogP) is 0.497. The molecule has 0 bridgehead atoms. The molecule has 0 fully saturated rings. The van der Waals surface area contributed by atoms with Crippen LogP contribution in [0.5, 0.6) is 5.75 Å². The molecule has 0 amide bonds. The Morgan fingerprint density at radius 3 is 2.48 bits per heavy atom. The van der Waals surface area contributed by atoms with E-state index in [0.29, 0.717) is 0 Å². The minimum Gasteiger partial charge on any atom is -1.00 e. The van der Waals surface area contributed by atoms with Gasteiger partial charge in [0.1, 0.15) is 5.75 Å². The molecule has 3 rings (SSSR count). The van der Waals surface area contributed by atoms with Crippen LogP contribution >= 0.6 is 0 Å². The average molecular weight is 344 g/mol. The Balaban J connectivity index is 0.00000161. The van der Waals surface area contributed by atoms with Crippen molar-refractivity contribution >= 4 is 10.9 Å². The molecule has 3 heteroatoms. The van der Waals surface area contributed by atoms with Crippen LogP contribution in [0.25, 0.3) is 10.9 Å². The van der Waals surface area contributed by atoms with E-state index in [1.807, 2.05) is 12.1 Å². The number of ether oxygens (including phenoxy) is 1. The number of fused-ring (bicyclic) bond motifs is 1. The van der Waals surface area contributed by atoms with Crippen LogP contribution in [0.1, 0.15) is 11.1 Å². The fraction of sp³-hybridized carbons (Fsp3) is 0.167. The number of hydrogen-bond acceptors (Lipinski definition) is 1. The molecule has 0 aliphatic carbocycles. The van der Waals surface area contributed by atoms with Gasteiger partial charge < -0.3 is 21.7 Å². The third-order valence-electron chi connectivity index (χ3n) is 3.64. The molecule has 0 aliphatic rings. The van der Waals surface area contributed by atoms with Crippen molar-refractivity contribution in [2.45, 2.75) is 13.5 Å². The highest BCUT2D eigenvalue weighted by Gasteiger charge is 2.12. The van der Waals surface area contributed by atoms with Gasteiger partial charge in [0.2, 0.25) is 5.52 Å². The van der Waals surface area contributed by atoms with Crippen molar-refractivity contribution in [3.63, 3.8) is 0 Å². The molecule has 2 nitrogen and oxygen atoms in total. The Morgan fingerprint density at radius 2 is 1.76 bits per heavy atom. The Morgan fingerprint density at radius 1 is 1.00 bits per heavy atom. The number of rotatable bonds is 3. The van der Waals surface area contributed by atoms with Crippen molar-refractivity contribution < 1.29 is 26.3 Å². The van der Waals surface area contributed by atoms with Gasteiger partial charge in [-0.15, -0.1) is 0 Å². The van der Waals surface area contributed by atoms with Gasteiger partial charge in [-0.05, 0) is 24.6 Å². The highest BCUT2D eigenvalue weighted by molar-refractivity contribution is 5.80. The van der Waals surface area contributed by atoms with E-state index >= 15 is 0 Å². The van der Waals surface area contributed by atoms with Gasteiger partial charge in [-0.25, -0.2) is 0 Å². The molecule has 1 aromatic heterocycles. The Hall–Kier alpha value is -1.87. The molecule has 0 spiro atoms. The van der Waals surface area contributed by atoms with Crippen molar-refractivity contribution in [2.75, 3.05) is 7.11 Å². The molecule has 0 aliphatic heterocycles. The molecule has 21 heavy (non-hydrogen) atoms. The number of methoxy groups -OCH3 is 1. The van der Waals surface area contributed by atoms with Crippen LogP contribution in [0.3, 0.4) is 0 Å². The van der Waals surface area contributed by atoms with E-state index in [9.17, 15) is 0 Å². The maximum absolute atomic E-state index is 5.33. The van der Waals surface area contributed by atoms with Gasteiger partial charge in [0.25, 0.3) is 0 Å². The summed E-state index contributed by atoms with van der Waals surface area (Å²) in [5, 5.41) is 1.24. The van der Waals surface area contributed by atoms with E-state index < -0.39 is 0 Å². The summed E-state index contributed by atoms with van der Waals surface area (Å²) in [5.74, 6) is 0.901. The topological polar surface area (TPSA) is 13.1 Å². The van der Waals surface area contributed by atoms with Crippen molar-refractivity contribution in [1.82, 2.24) is 0 Å². The molecule has 0 radical (unpaired) electrons. The highest BCUT2D eigenvalue weighted by Crippen LogP contribution is 2.21. The van der Waals surface area contributed by atoms with Crippen LogP contribution in [0.2, 0.25) is 0 Å². The molecule has 1 heterocycles. The van der Waals surface area contributed by atoms with E-state index in [1.165, 1.54) is 22.0 Å². The monoisotopic (exact) mass is 343 g/mol. The van der Waals surface area contributed by atoms with Crippen molar-refractivity contribution in [1.29, 1.82) is 0 Å². The number of halogens is 1. The second-order valence-corrected chi connectivity index (χ2v) is 5.00. The average Bonchev–Trinajstić information content (AvgIpc) is 2.51. The predicted molar refractivity (Wildman–Crippen MR) is 81.0 cm³/mol. The number of aromatic nitrogens is 1. The lowest BCUT2D eigenvalue weighted by Gasteiger charge is -2.06. The third-order valence-corrected chi connectivity index (χ3v) is 3.64. The Kier molecular flexibility index (Phi) is 4.97. The largest absolute Gasteiger partial charge is 1.00 e. The first-order valence-electron chi connectivity index (χ1n) is 6.78. The molecule has 0 unspecified atom stereocenters. The quantitative estimate of drug-likeness (QED) is 0.631. The van der Waals surface area contributed by atoms with Crippen LogP contribution in [0.4, 0.5) is 0 Å². The lowest BCUT2D eigenvalue weighted by atomic mass is 10.1. The van der Waals surface area contributed by atoms with Crippen LogP contribution < -0.4 is 26.3 Å². The molecule has 0 saturated carbocycles. The SMILES string of the molecule is COc1ccc2c(c1)c(C)cc[n+]2Cc1ccccc1.[Br-].